The molecule has 3 rings (SSSR count). The maximum absolute atomic E-state index is 12.6. The third-order valence-corrected chi connectivity index (χ3v) is 5.03. The van der Waals surface area contributed by atoms with Gasteiger partial charge in [-0.2, -0.15) is 4.98 Å². The highest BCUT2D eigenvalue weighted by Crippen LogP contribution is 2.21. The average molecular weight is 337 g/mol. The van der Waals surface area contributed by atoms with E-state index in [0.717, 1.165) is 26.2 Å². The Morgan fingerprint density at radius 1 is 1.04 bits per heavy atom. The summed E-state index contributed by atoms with van der Waals surface area (Å²) in [7, 11) is 0. The fourth-order valence-electron chi connectivity index (χ4n) is 3.36. The molecule has 0 N–H and O–H groups in total. The molecule has 134 valence electrons. The van der Waals surface area contributed by atoms with E-state index in [2.05, 4.69) is 26.9 Å². The molecule has 1 aromatic heterocycles. The van der Waals surface area contributed by atoms with Crippen LogP contribution in [0.25, 0.3) is 0 Å². The lowest BCUT2D eigenvalue weighted by atomic mass is 10.1. The van der Waals surface area contributed by atoms with Gasteiger partial charge < -0.3 is 14.2 Å². The number of hydrogen-bond donors (Lipinski definition) is 0. The number of morpholine rings is 1. The number of rotatable bonds is 4. The second kappa shape index (κ2) is 7.58. The highest BCUT2D eigenvalue weighted by atomic mass is 16.5. The molecule has 8 heteroatoms. The summed E-state index contributed by atoms with van der Waals surface area (Å²) in [6.07, 6.45) is 0. The van der Waals surface area contributed by atoms with Crippen molar-refractivity contribution < 1.29 is 14.1 Å². The summed E-state index contributed by atoms with van der Waals surface area (Å²) in [5.74, 6) is 1.55. The molecule has 3 heterocycles. The summed E-state index contributed by atoms with van der Waals surface area (Å²) < 4.78 is 10.6. The number of ether oxygens (including phenoxy) is 1. The van der Waals surface area contributed by atoms with E-state index in [4.69, 9.17) is 9.26 Å². The highest BCUT2D eigenvalue weighted by molar-refractivity contribution is 5.81. The highest BCUT2D eigenvalue weighted by Gasteiger charge is 2.31. The smallest absolute Gasteiger partial charge is 0.243 e. The van der Waals surface area contributed by atoms with Crippen molar-refractivity contribution in [2.45, 2.75) is 32.9 Å². The van der Waals surface area contributed by atoms with Crippen LogP contribution in [0.2, 0.25) is 0 Å². The maximum Gasteiger partial charge on any atom is 0.243 e. The van der Waals surface area contributed by atoms with E-state index in [1.807, 2.05) is 18.7 Å². The molecule has 0 aromatic carbocycles. The number of aromatic nitrogens is 2. The van der Waals surface area contributed by atoms with Gasteiger partial charge in [0.05, 0.1) is 25.3 Å². The molecule has 2 aliphatic heterocycles. The van der Waals surface area contributed by atoms with Crippen molar-refractivity contribution in [2.24, 2.45) is 0 Å². The average Bonchev–Trinajstić information content (AvgIpc) is 3.07. The Kier molecular flexibility index (Phi) is 5.47. The summed E-state index contributed by atoms with van der Waals surface area (Å²) in [5, 5.41) is 3.87. The van der Waals surface area contributed by atoms with Crippen LogP contribution in [0, 0.1) is 6.92 Å². The van der Waals surface area contributed by atoms with Gasteiger partial charge in [0.2, 0.25) is 11.8 Å². The Hall–Kier alpha value is -1.51. The van der Waals surface area contributed by atoms with E-state index < -0.39 is 0 Å². The summed E-state index contributed by atoms with van der Waals surface area (Å²) >= 11 is 0. The molecular formula is C16H27N5O3. The first-order valence-electron chi connectivity index (χ1n) is 8.71. The van der Waals surface area contributed by atoms with E-state index in [1.165, 1.54) is 0 Å². The molecule has 0 spiro atoms. The molecule has 0 saturated carbocycles. The van der Waals surface area contributed by atoms with Gasteiger partial charge >= 0.3 is 0 Å². The van der Waals surface area contributed by atoms with Crippen molar-refractivity contribution >= 4 is 5.91 Å². The summed E-state index contributed by atoms with van der Waals surface area (Å²) in [6.45, 7) is 12.2. The summed E-state index contributed by atoms with van der Waals surface area (Å²) in [5.41, 5.74) is 0. The molecule has 0 aliphatic carbocycles. The van der Waals surface area contributed by atoms with Gasteiger partial charge in [0, 0.05) is 39.3 Å². The first kappa shape index (κ1) is 17.3. The topological polar surface area (TPSA) is 74.9 Å². The Labute approximate surface area is 142 Å². The van der Waals surface area contributed by atoms with Crippen LogP contribution in [-0.2, 0) is 9.53 Å². The first-order chi connectivity index (χ1) is 11.6. The molecule has 2 aliphatic rings. The van der Waals surface area contributed by atoms with Gasteiger partial charge in [0.25, 0.3) is 0 Å². The van der Waals surface area contributed by atoms with Gasteiger partial charge in [0.15, 0.2) is 5.82 Å². The van der Waals surface area contributed by atoms with Crippen molar-refractivity contribution in [1.29, 1.82) is 0 Å². The SMILES string of the molecule is Cc1noc([C@@H](C)N2CCN([C@H](C)C(=O)N3CCOCC3)CC2)n1. The number of carbonyl (C=O) groups excluding carboxylic acids is 1. The van der Waals surface area contributed by atoms with Crippen LogP contribution >= 0.6 is 0 Å². The number of hydrogen-bond acceptors (Lipinski definition) is 7. The zero-order valence-electron chi connectivity index (χ0n) is 14.8. The second-order valence-corrected chi connectivity index (χ2v) is 6.54. The van der Waals surface area contributed by atoms with E-state index in [0.29, 0.717) is 38.0 Å². The Bertz CT molecular complexity index is 550. The number of aryl methyl sites for hydroxylation is 1. The fraction of sp³-hybridized carbons (Fsp3) is 0.812. The molecule has 24 heavy (non-hydrogen) atoms. The number of amides is 1. The minimum Gasteiger partial charge on any atom is -0.378 e. The predicted octanol–water partition coefficient (Wildman–Crippen LogP) is 0.304. The second-order valence-electron chi connectivity index (χ2n) is 6.54. The maximum atomic E-state index is 12.6. The number of piperazine rings is 1. The molecule has 2 saturated heterocycles. The van der Waals surface area contributed by atoms with Gasteiger partial charge in [-0.1, -0.05) is 5.16 Å². The third-order valence-electron chi connectivity index (χ3n) is 5.03. The molecule has 0 unspecified atom stereocenters. The molecule has 0 radical (unpaired) electrons. The van der Waals surface area contributed by atoms with E-state index in [-0.39, 0.29) is 18.0 Å². The van der Waals surface area contributed by atoms with Crippen molar-refractivity contribution in [3.63, 3.8) is 0 Å². The Balaban J connectivity index is 1.51. The molecule has 1 amide bonds. The summed E-state index contributed by atoms with van der Waals surface area (Å²) in [4.78, 5) is 23.5. The minimum atomic E-state index is -0.0776. The Morgan fingerprint density at radius 2 is 1.67 bits per heavy atom. The standard InChI is InChI=1S/C16H27N5O3/c1-12(15-17-14(3)18-24-15)19-4-6-20(7-5-19)13(2)16(22)21-8-10-23-11-9-21/h12-13H,4-11H2,1-3H3/t12-,13-/m1/s1. The van der Waals surface area contributed by atoms with Gasteiger partial charge in [-0.3, -0.25) is 14.6 Å². The number of nitrogens with zero attached hydrogens (tertiary/aromatic N) is 5. The lowest BCUT2D eigenvalue weighted by Gasteiger charge is -2.40. The Morgan fingerprint density at radius 3 is 2.25 bits per heavy atom. The zero-order chi connectivity index (χ0) is 17.1. The third kappa shape index (κ3) is 3.76. The fourth-order valence-corrected chi connectivity index (χ4v) is 3.36. The normalized spacial score (nSPS) is 23.2. The van der Waals surface area contributed by atoms with Gasteiger partial charge in [0.1, 0.15) is 0 Å². The molecule has 0 bridgehead atoms. The predicted molar refractivity (Wildman–Crippen MR) is 87.5 cm³/mol. The van der Waals surface area contributed by atoms with Crippen LogP contribution in [0.3, 0.4) is 0 Å². The van der Waals surface area contributed by atoms with Crippen LogP contribution in [0.4, 0.5) is 0 Å². The zero-order valence-corrected chi connectivity index (χ0v) is 14.8. The minimum absolute atomic E-state index is 0.0776. The van der Waals surface area contributed by atoms with Gasteiger partial charge in [-0.25, -0.2) is 0 Å². The van der Waals surface area contributed by atoms with Crippen molar-refractivity contribution in [2.75, 3.05) is 52.5 Å². The molecule has 8 nitrogen and oxygen atoms in total. The lowest BCUT2D eigenvalue weighted by molar-refractivity contribution is -0.141. The molecule has 2 atom stereocenters. The van der Waals surface area contributed by atoms with Crippen molar-refractivity contribution in [3.8, 4) is 0 Å². The molecule has 2 fully saturated rings. The van der Waals surface area contributed by atoms with Gasteiger partial charge in [-0.05, 0) is 20.8 Å². The largest absolute Gasteiger partial charge is 0.378 e. The monoisotopic (exact) mass is 337 g/mol. The van der Waals surface area contributed by atoms with E-state index >= 15 is 0 Å². The van der Waals surface area contributed by atoms with E-state index in [1.54, 1.807) is 0 Å². The van der Waals surface area contributed by atoms with Crippen LogP contribution in [0.15, 0.2) is 4.52 Å². The van der Waals surface area contributed by atoms with Crippen LogP contribution in [-0.4, -0.2) is 89.3 Å². The van der Waals surface area contributed by atoms with Crippen molar-refractivity contribution in [3.05, 3.63) is 11.7 Å². The lowest BCUT2D eigenvalue weighted by Crippen LogP contribution is -2.56. The quantitative estimate of drug-likeness (QED) is 0.782. The van der Waals surface area contributed by atoms with Gasteiger partial charge in [-0.15, -0.1) is 0 Å². The van der Waals surface area contributed by atoms with Crippen LogP contribution < -0.4 is 0 Å². The van der Waals surface area contributed by atoms with Crippen LogP contribution in [0.5, 0.6) is 0 Å². The summed E-state index contributed by atoms with van der Waals surface area (Å²) in [6, 6.07) is 0.0322. The molecular weight excluding hydrogens is 310 g/mol. The molecule has 1 aromatic rings. The van der Waals surface area contributed by atoms with E-state index in [9.17, 15) is 4.79 Å². The number of carbonyl (C=O) groups is 1. The van der Waals surface area contributed by atoms with Crippen LogP contribution in [0.1, 0.15) is 31.6 Å². The van der Waals surface area contributed by atoms with Crippen molar-refractivity contribution in [1.82, 2.24) is 24.8 Å². The first-order valence-corrected chi connectivity index (χ1v) is 8.71.